The zero-order valence-electron chi connectivity index (χ0n) is 18.5. The molecule has 0 saturated heterocycles. The van der Waals surface area contributed by atoms with Gasteiger partial charge in [-0.3, -0.25) is 9.20 Å². The molecule has 5 aromatic rings. The molecule has 0 saturated carbocycles. The highest BCUT2D eigenvalue weighted by Gasteiger charge is 2.21. The van der Waals surface area contributed by atoms with Gasteiger partial charge in [-0.05, 0) is 24.6 Å². The third-order valence-electron chi connectivity index (χ3n) is 5.39. The summed E-state index contributed by atoms with van der Waals surface area (Å²) in [6.45, 7) is 3.46. The first kappa shape index (κ1) is 20.7. The van der Waals surface area contributed by atoms with Crippen LogP contribution in [0, 0.1) is 6.92 Å². The van der Waals surface area contributed by atoms with Gasteiger partial charge in [-0.15, -0.1) is 0 Å². The minimum Gasteiger partial charge on any atom is -0.469 e. The standard InChI is InChI=1S/C27H23N3O3/c1-18-8-6-9-20(14-18)15-23-26-29-24(16-22-12-7-13-32-22)27(33-19(2)31)30(26)17-25(28-23)21-10-4-3-5-11-21/h3-14,17H,15-16H2,1-2H3. The minimum atomic E-state index is -0.407. The molecule has 0 fully saturated rings. The Morgan fingerprint density at radius 1 is 0.970 bits per heavy atom. The highest BCUT2D eigenvalue weighted by Crippen LogP contribution is 2.29. The van der Waals surface area contributed by atoms with Crippen molar-refractivity contribution in [1.82, 2.24) is 14.4 Å². The summed E-state index contributed by atoms with van der Waals surface area (Å²) in [4.78, 5) is 21.8. The van der Waals surface area contributed by atoms with Crippen LogP contribution in [0.15, 0.2) is 83.6 Å². The highest BCUT2D eigenvalue weighted by atomic mass is 16.5. The molecule has 5 rings (SSSR count). The number of nitrogens with zero attached hydrogens (tertiary/aromatic N) is 3. The van der Waals surface area contributed by atoms with E-state index in [1.54, 1.807) is 6.26 Å². The lowest BCUT2D eigenvalue weighted by atomic mass is 10.1. The van der Waals surface area contributed by atoms with Gasteiger partial charge in [0.2, 0.25) is 5.88 Å². The largest absolute Gasteiger partial charge is 0.469 e. The van der Waals surface area contributed by atoms with Crippen molar-refractivity contribution in [2.24, 2.45) is 0 Å². The Morgan fingerprint density at radius 3 is 2.55 bits per heavy atom. The lowest BCUT2D eigenvalue weighted by molar-refractivity contribution is -0.132. The van der Waals surface area contributed by atoms with Gasteiger partial charge in [0.25, 0.3) is 0 Å². The van der Waals surface area contributed by atoms with Crippen LogP contribution in [-0.2, 0) is 17.6 Å². The van der Waals surface area contributed by atoms with Crippen LogP contribution in [0.5, 0.6) is 5.88 Å². The van der Waals surface area contributed by atoms with E-state index in [1.807, 2.05) is 59.1 Å². The molecule has 0 unspecified atom stereocenters. The monoisotopic (exact) mass is 437 g/mol. The number of carbonyl (C=O) groups is 1. The topological polar surface area (TPSA) is 69.6 Å². The molecule has 0 N–H and O–H groups in total. The predicted molar refractivity (Wildman–Crippen MR) is 125 cm³/mol. The Morgan fingerprint density at radius 2 is 1.82 bits per heavy atom. The van der Waals surface area contributed by atoms with E-state index in [0.29, 0.717) is 30.1 Å². The Kier molecular flexibility index (Phi) is 5.48. The van der Waals surface area contributed by atoms with E-state index in [-0.39, 0.29) is 0 Å². The van der Waals surface area contributed by atoms with Gasteiger partial charge in [0.1, 0.15) is 11.5 Å². The van der Waals surface area contributed by atoms with Crippen molar-refractivity contribution >= 4 is 11.6 Å². The summed E-state index contributed by atoms with van der Waals surface area (Å²) in [5.74, 6) is 0.720. The zero-order chi connectivity index (χ0) is 22.8. The van der Waals surface area contributed by atoms with Crippen molar-refractivity contribution in [2.45, 2.75) is 26.7 Å². The number of furan rings is 1. The molecule has 3 aromatic heterocycles. The van der Waals surface area contributed by atoms with Crippen molar-refractivity contribution in [3.05, 3.63) is 107 Å². The SMILES string of the molecule is CC(=O)Oc1c(Cc2ccco2)nc2c(Cc3cccc(C)c3)nc(-c3ccccc3)cn12. The molecule has 0 atom stereocenters. The van der Waals surface area contributed by atoms with E-state index < -0.39 is 5.97 Å². The molecule has 164 valence electrons. The van der Waals surface area contributed by atoms with Gasteiger partial charge in [0.15, 0.2) is 5.65 Å². The second-order valence-electron chi connectivity index (χ2n) is 8.01. The number of hydrogen-bond donors (Lipinski definition) is 0. The number of ether oxygens (including phenoxy) is 1. The van der Waals surface area contributed by atoms with Crippen molar-refractivity contribution in [1.29, 1.82) is 0 Å². The molecule has 0 bridgehead atoms. The van der Waals surface area contributed by atoms with Crippen LogP contribution in [0.25, 0.3) is 16.9 Å². The van der Waals surface area contributed by atoms with Gasteiger partial charge >= 0.3 is 5.97 Å². The summed E-state index contributed by atoms with van der Waals surface area (Å²) < 4.78 is 13.0. The first-order valence-electron chi connectivity index (χ1n) is 10.8. The number of rotatable bonds is 6. The highest BCUT2D eigenvalue weighted by molar-refractivity contribution is 5.70. The van der Waals surface area contributed by atoms with Crippen LogP contribution in [0.3, 0.4) is 0 Å². The molecular formula is C27H23N3O3. The van der Waals surface area contributed by atoms with E-state index in [0.717, 1.165) is 28.3 Å². The van der Waals surface area contributed by atoms with Gasteiger partial charge in [-0.2, -0.15) is 0 Å². The maximum atomic E-state index is 12.0. The van der Waals surface area contributed by atoms with Gasteiger partial charge in [0, 0.05) is 25.1 Å². The summed E-state index contributed by atoms with van der Waals surface area (Å²) in [5, 5.41) is 0. The van der Waals surface area contributed by atoms with E-state index in [2.05, 4.69) is 25.1 Å². The lowest BCUT2D eigenvalue weighted by Gasteiger charge is -2.10. The van der Waals surface area contributed by atoms with Crippen molar-refractivity contribution in [2.75, 3.05) is 0 Å². The number of aromatic nitrogens is 3. The molecule has 0 aliphatic heterocycles. The summed E-state index contributed by atoms with van der Waals surface area (Å²) in [6, 6.07) is 22.0. The second-order valence-corrected chi connectivity index (χ2v) is 8.01. The fourth-order valence-corrected chi connectivity index (χ4v) is 3.95. The van der Waals surface area contributed by atoms with Gasteiger partial charge in [-0.25, -0.2) is 9.97 Å². The molecule has 3 heterocycles. The second kappa shape index (κ2) is 8.74. The normalized spacial score (nSPS) is 11.1. The summed E-state index contributed by atoms with van der Waals surface area (Å²) in [7, 11) is 0. The average molecular weight is 437 g/mol. The molecule has 0 aliphatic rings. The van der Waals surface area contributed by atoms with Crippen molar-refractivity contribution in [3.63, 3.8) is 0 Å². The zero-order valence-corrected chi connectivity index (χ0v) is 18.5. The molecule has 6 nitrogen and oxygen atoms in total. The van der Waals surface area contributed by atoms with Crippen LogP contribution < -0.4 is 4.74 Å². The molecule has 2 aromatic carbocycles. The molecule has 0 radical (unpaired) electrons. The van der Waals surface area contributed by atoms with Crippen LogP contribution in [0.2, 0.25) is 0 Å². The molecule has 0 amide bonds. The van der Waals surface area contributed by atoms with Gasteiger partial charge in [0.05, 0.1) is 24.1 Å². The lowest BCUT2D eigenvalue weighted by Crippen LogP contribution is -2.07. The number of imidazole rings is 1. The molecule has 33 heavy (non-hydrogen) atoms. The Hall–Kier alpha value is -4.19. The maximum Gasteiger partial charge on any atom is 0.309 e. The number of benzene rings is 2. The van der Waals surface area contributed by atoms with E-state index in [1.165, 1.54) is 12.5 Å². The predicted octanol–water partition coefficient (Wildman–Crippen LogP) is 5.40. The van der Waals surface area contributed by atoms with Crippen LogP contribution in [0.4, 0.5) is 0 Å². The summed E-state index contributed by atoms with van der Waals surface area (Å²) in [5.41, 5.74) is 6.16. The summed E-state index contributed by atoms with van der Waals surface area (Å²) in [6.07, 6.45) is 4.50. The smallest absolute Gasteiger partial charge is 0.309 e. The summed E-state index contributed by atoms with van der Waals surface area (Å²) >= 11 is 0. The van der Waals surface area contributed by atoms with Gasteiger partial charge < -0.3 is 9.15 Å². The number of fused-ring (bicyclic) bond motifs is 1. The van der Waals surface area contributed by atoms with Crippen LogP contribution in [0.1, 0.15) is 35.2 Å². The Bertz CT molecular complexity index is 1420. The first-order valence-corrected chi connectivity index (χ1v) is 10.8. The van der Waals surface area contributed by atoms with Crippen molar-refractivity contribution in [3.8, 4) is 17.1 Å². The fraction of sp³-hybridized carbons (Fsp3) is 0.148. The molecule has 0 spiro atoms. The van der Waals surface area contributed by atoms with Crippen LogP contribution in [-0.4, -0.2) is 20.3 Å². The van der Waals surface area contributed by atoms with E-state index in [4.69, 9.17) is 19.1 Å². The third kappa shape index (κ3) is 4.41. The first-order chi connectivity index (χ1) is 16.1. The van der Waals surface area contributed by atoms with E-state index >= 15 is 0 Å². The Balaban J connectivity index is 1.72. The van der Waals surface area contributed by atoms with Crippen molar-refractivity contribution < 1.29 is 13.9 Å². The molecular weight excluding hydrogens is 414 g/mol. The number of hydrogen-bond acceptors (Lipinski definition) is 5. The minimum absolute atomic E-state index is 0.388. The third-order valence-corrected chi connectivity index (χ3v) is 5.39. The fourth-order valence-electron chi connectivity index (χ4n) is 3.95. The molecule has 0 aliphatic carbocycles. The van der Waals surface area contributed by atoms with Crippen LogP contribution >= 0.6 is 0 Å². The average Bonchev–Trinajstić information content (AvgIpc) is 3.43. The number of carbonyl (C=O) groups excluding carboxylic acids is 1. The van der Waals surface area contributed by atoms with Gasteiger partial charge in [-0.1, -0.05) is 60.2 Å². The van der Waals surface area contributed by atoms with E-state index in [9.17, 15) is 4.79 Å². The number of esters is 1. The quantitative estimate of drug-likeness (QED) is 0.333. The Labute approximate surface area is 191 Å². The maximum absolute atomic E-state index is 12.0. The molecule has 6 heteroatoms. The number of aryl methyl sites for hydroxylation is 1.